The van der Waals surface area contributed by atoms with Crippen molar-refractivity contribution in [2.45, 2.75) is 11.3 Å². The van der Waals surface area contributed by atoms with Crippen LogP contribution < -0.4 is 15.6 Å². The number of ether oxygens (including phenoxy) is 1. The topological polar surface area (TPSA) is 157 Å². The number of rotatable bonds is 8. The minimum atomic E-state index is -3.91. The van der Waals surface area contributed by atoms with Crippen molar-refractivity contribution < 1.29 is 23.1 Å². The van der Waals surface area contributed by atoms with E-state index in [0.717, 1.165) is 0 Å². The molecule has 0 spiro atoms. The van der Waals surface area contributed by atoms with Gasteiger partial charge in [0.15, 0.2) is 5.78 Å². The maximum absolute atomic E-state index is 13.0. The third-order valence-electron chi connectivity index (χ3n) is 5.49. The van der Waals surface area contributed by atoms with Crippen molar-refractivity contribution in [3.8, 4) is 28.4 Å². The standard InChI is InChI=1S/C27H23N3O5S/c28-27(29)20-4-3-5-22(14-20)35-25-16-21(31)13-12-19(25)15-24(32)18-10-8-17(9-11-18)23-6-1-2-7-26(23)36(30,33)34/h1-14,16,31H,15H2,(H3,28,29)(H2,30,33,34). The van der Waals surface area contributed by atoms with Gasteiger partial charge in [0.25, 0.3) is 0 Å². The van der Waals surface area contributed by atoms with E-state index in [2.05, 4.69) is 0 Å². The SMILES string of the molecule is N=C(N)c1cccc(Oc2cc(O)ccc2CC(=O)c2ccc(-c3ccccc3S(N)(=O)=O)cc2)c1. The maximum Gasteiger partial charge on any atom is 0.238 e. The van der Waals surface area contributed by atoms with Crippen molar-refractivity contribution in [1.82, 2.24) is 0 Å². The molecule has 36 heavy (non-hydrogen) atoms. The van der Waals surface area contributed by atoms with Crippen LogP contribution in [-0.4, -0.2) is 25.1 Å². The molecule has 0 saturated carbocycles. The Bertz CT molecular complexity index is 1560. The smallest absolute Gasteiger partial charge is 0.238 e. The lowest BCUT2D eigenvalue weighted by atomic mass is 9.99. The zero-order valence-corrected chi connectivity index (χ0v) is 19.8. The van der Waals surface area contributed by atoms with Crippen LogP contribution in [0.4, 0.5) is 0 Å². The summed E-state index contributed by atoms with van der Waals surface area (Å²) in [7, 11) is -3.91. The number of carbonyl (C=O) groups excluding carboxylic acids is 1. The molecule has 8 nitrogen and oxygen atoms in total. The zero-order chi connectivity index (χ0) is 25.9. The van der Waals surface area contributed by atoms with Gasteiger partial charge in [0.05, 0.1) is 4.90 Å². The van der Waals surface area contributed by atoms with Crippen molar-refractivity contribution in [3.05, 3.63) is 108 Å². The van der Waals surface area contributed by atoms with Crippen molar-refractivity contribution >= 4 is 21.6 Å². The first-order chi connectivity index (χ1) is 17.1. The van der Waals surface area contributed by atoms with Crippen LogP contribution in [0.2, 0.25) is 0 Å². The molecule has 0 radical (unpaired) electrons. The Labute approximate surface area is 208 Å². The predicted molar refractivity (Wildman–Crippen MR) is 137 cm³/mol. The number of nitrogens with one attached hydrogen (secondary N) is 1. The molecule has 6 N–H and O–H groups in total. The molecule has 9 heteroatoms. The minimum Gasteiger partial charge on any atom is -0.508 e. The molecule has 0 atom stereocenters. The van der Waals surface area contributed by atoms with Gasteiger partial charge in [-0.25, -0.2) is 13.6 Å². The normalized spacial score (nSPS) is 11.1. The molecule has 4 rings (SSSR count). The lowest BCUT2D eigenvalue weighted by molar-refractivity contribution is 0.0992. The number of carbonyl (C=O) groups is 1. The Hall–Kier alpha value is -4.47. The summed E-state index contributed by atoms with van der Waals surface area (Å²) >= 11 is 0. The molecule has 0 heterocycles. The molecule has 0 unspecified atom stereocenters. The van der Waals surface area contributed by atoms with Crippen LogP contribution in [0.25, 0.3) is 11.1 Å². The number of ketones is 1. The predicted octanol–water partition coefficient (Wildman–Crippen LogP) is 4.21. The van der Waals surface area contributed by atoms with Crippen molar-refractivity contribution in [3.63, 3.8) is 0 Å². The summed E-state index contributed by atoms with van der Waals surface area (Å²) in [5.41, 5.74) is 8.05. The number of phenolic OH excluding ortho intramolecular Hbond substituents is 1. The molecule has 4 aromatic rings. The van der Waals surface area contributed by atoms with Gasteiger partial charge in [0, 0.05) is 34.7 Å². The lowest BCUT2D eigenvalue weighted by Crippen LogP contribution is -2.13. The van der Waals surface area contributed by atoms with Crippen LogP contribution in [0.15, 0.2) is 95.9 Å². The van der Waals surface area contributed by atoms with Crippen LogP contribution in [-0.2, 0) is 16.4 Å². The monoisotopic (exact) mass is 501 g/mol. The van der Waals surface area contributed by atoms with Gasteiger partial charge >= 0.3 is 0 Å². The molecule has 0 saturated heterocycles. The fraction of sp³-hybridized carbons (Fsp3) is 0.0370. The number of phenols is 1. The quantitative estimate of drug-likeness (QED) is 0.161. The van der Waals surface area contributed by atoms with E-state index in [9.17, 15) is 18.3 Å². The highest BCUT2D eigenvalue weighted by molar-refractivity contribution is 7.89. The summed E-state index contributed by atoms with van der Waals surface area (Å²) in [5.74, 6) is 0.362. The number of aromatic hydroxyl groups is 1. The van der Waals surface area contributed by atoms with Crippen molar-refractivity contribution in [2.24, 2.45) is 10.9 Å². The maximum atomic E-state index is 13.0. The summed E-state index contributed by atoms with van der Waals surface area (Å²) < 4.78 is 29.7. The molecule has 0 bridgehead atoms. The number of nitrogen functional groups attached to an aromatic ring is 1. The van der Waals surface area contributed by atoms with E-state index in [-0.39, 0.29) is 28.7 Å². The lowest BCUT2D eigenvalue weighted by Gasteiger charge is -2.13. The summed E-state index contributed by atoms with van der Waals surface area (Å²) in [4.78, 5) is 13.0. The number of amidine groups is 1. The van der Waals surface area contributed by atoms with E-state index < -0.39 is 10.0 Å². The number of primary sulfonamides is 1. The Morgan fingerprint density at radius 2 is 1.61 bits per heavy atom. The number of Topliss-reactive ketones (excluding diaryl/α,β-unsaturated/α-hetero) is 1. The highest BCUT2D eigenvalue weighted by Crippen LogP contribution is 2.31. The molecular formula is C27H23N3O5S. The molecule has 4 aromatic carbocycles. The molecule has 0 aliphatic rings. The average molecular weight is 502 g/mol. The second-order valence-electron chi connectivity index (χ2n) is 8.05. The Morgan fingerprint density at radius 3 is 2.31 bits per heavy atom. The Kier molecular flexibility index (Phi) is 6.86. The molecule has 0 aliphatic carbocycles. The summed E-state index contributed by atoms with van der Waals surface area (Å²) in [5, 5.41) is 22.9. The molecule has 0 aliphatic heterocycles. The first kappa shape index (κ1) is 24.6. The summed E-state index contributed by atoms with van der Waals surface area (Å²) in [6.07, 6.45) is -0.00484. The molecule has 0 amide bonds. The number of hydrogen-bond donors (Lipinski definition) is 4. The van der Waals surface area contributed by atoms with Gasteiger partial charge in [-0.15, -0.1) is 0 Å². The first-order valence-corrected chi connectivity index (χ1v) is 12.4. The van der Waals surface area contributed by atoms with E-state index >= 15 is 0 Å². The third kappa shape index (κ3) is 5.60. The average Bonchev–Trinajstić information content (AvgIpc) is 2.85. The van der Waals surface area contributed by atoms with E-state index in [4.69, 9.17) is 21.0 Å². The molecule has 182 valence electrons. The second-order valence-corrected chi connectivity index (χ2v) is 9.58. The van der Waals surface area contributed by atoms with Gasteiger partial charge < -0.3 is 15.6 Å². The molecular weight excluding hydrogens is 478 g/mol. The van der Waals surface area contributed by atoms with Crippen molar-refractivity contribution in [2.75, 3.05) is 0 Å². The number of benzene rings is 4. The fourth-order valence-electron chi connectivity index (χ4n) is 3.70. The van der Waals surface area contributed by atoms with Crippen LogP contribution in [0, 0.1) is 5.41 Å². The van der Waals surface area contributed by atoms with Crippen LogP contribution >= 0.6 is 0 Å². The van der Waals surface area contributed by atoms with Gasteiger partial charge in [-0.1, -0.05) is 60.7 Å². The first-order valence-electron chi connectivity index (χ1n) is 10.8. The van der Waals surface area contributed by atoms with Gasteiger partial charge in [-0.05, 0) is 29.8 Å². The van der Waals surface area contributed by atoms with E-state index in [1.54, 1.807) is 72.8 Å². The second kappa shape index (κ2) is 10.0. The van der Waals surface area contributed by atoms with E-state index in [1.807, 2.05) is 0 Å². The van der Waals surface area contributed by atoms with E-state index in [1.165, 1.54) is 18.2 Å². The Morgan fingerprint density at radius 1 is 0.889 bits per heavy atom. The number of hydrogen-bond acceptors (Lipinski definition) is 6. The van der Waals surface area contributed by atoms with Crippen molar-refractivity contribution in [1.29, 1.82) is 5.41 Å². The minimum absolute atomic E-state index is 0.00352. The fourth-order valence-corrected chi connectivity index (χ4v) is 4.46. The molecule has 0 fully saturated rings. The summed E-state index contributed by atoms with van der Waals surface area (Å²) in [6.45, 7) is 0. The van der Waals surface area contributed by atoms with Gasteiger partial charge in [0.1, 0.15) is 23.1 Å². The number of sulfonamides is 1. The van der Waals surface area contributed by atoms with Gasteiger partial charge in [0.2, 0.25) is 10.0 Å². The number of nitrogens with two attached hydrogens (primary N) is 2. The van der Waals surface area contributed by atoms with Gasteiger partial charge in [-0.3, -0.25) is 10.2 Å². The highest BCUT2D eigenvalue weighted by Gasteiger charge is 2.16. The zero-order valence-electron chi connectivity index (χ0n) is 19.0. The van der Waals surface area contributed by atoms with Crippen LogP contribution in [0.5, 0.6) is 17.2 Å². The third-order valence-corrected chi connectivity index (χ3v) is 6.46. The largest absolute Gasteiger partial charge is 0.508 e. The van der Waals surface area contributed by atoms with Crippen LogP contribution in [0.3, 0.4) is 0 Å². The highest BCUT2D eigenvalue weighted by atomic mass is 32.2. The molecule has 0 aromatic heterocycles. The van der Waals surface area contributed by atoms with Crippen LogP contribution in [0.1, 0.15) is 21.5 Å². The summed E-state index contributed by atoms with van der Waals surface area (Å²) in [6, 6.07) is 24.1. The Balaban J connectivity index is 1.58. The van der Waals surface area contributed by atoms with Gasteiger partial charge in [-0.2, -0.15) is 0 Å². The van der Waals surface area contributed by atoms with E-state index in [0.29, 0.717) is 39.3 Å².